The highest BCUT2D eigenvalue weighted by Crippen LogP contribution is 2.27. The summed E-state index contributed by atoms with van der Waals surface area (Å²) in [7, 11) is 0. The molecule has 0 saturated heterocycles. The molecule has 1 aromatic rings. The number of benzene rings is 1. The topological polar surface area (TPSA) is 46.5 Å². The molecule has 0 bridgehead atoms. The van der Waals surface area contributed by atoms with Crippen LogP contribution in [0.2, 0.25) is 0 Å². The molecule has 0 saturated carbocycles. The molecule has 0 aliphatic heterocycles. The zero-order valence-corrected chi connectivity index (χ0v) is 10.4. The van der Waals surface area contributed by atoms with E-state index in [1.54, 1.807) is 0 Å². The molecule has 0 aromatic heterocycles. The third kappa shape index (κ3) is 5.14. The molecule has 0 amide bonds. The van der Waals surface area contributed by atoms with Crippen molar-refractivity contribution in [2.24, 2.45) is 0 Å². The zero-order chi connectivity index (χ0) is 14.5. The van der Waals surface area contributed by atoms with E-state index in [1.807, 2.05) is 0 Å². The van der Waals surface area contributed by atoms with Gasteiger partial charge in [-0.1, -0.05) is 11.8 Å². The van der Waals surface area contributed by atoms with Crippen molar-refractivity contribution in [3.8, 4) is 17.6 Å². The van der Waals surface area contributed by atoms with Crippen molar-refractivity contribution in [1.82, 2.24) is 0 Å². The fourth-order valence-electron chi connectivity index (χ4n) is 1.21. The summed E-state index contributed by atoms with van der Waals surface area (Å²) in [5.74, 6) is 3.51. The molecule has 19 heavy (non-hydrogen) atoms. The number of carboxylic acid groups (broad SMARTS) is 1. The molecule has 0 radical (unpaired) electrons. The second-order valence-corrected chi connectivity index (χ2v) is 3.79. The maximum absolute atomic E-state index is 12.2. The van der Waals surface area contributed by atoms with Crippen molar-refractivity contribution in [3.63, 3.8) is 0 Å². The molecule has 0 heterocycles. The lowest BCUT2D eigenvalue weighted by molar-refractivity contribution is -0.274. The summed E-state index contributed by atoms with van der Waals surface area (Å²) in [6, 6.07) is 3.29. The summed E-state index contributed by atoms with van der Waals surface area (Å²) in [5, 5.41) is 8.77. The fourth-order valence-corrected chi connectivity index (χ4v) is 1.32. The Morgan fingerprint density at radius 3 is 2.63 bits per heavy atom. The van der Waals surface area contributed by atoms with Crippen molar-refractivity contribution in [2.45, 2.75) is 12.8 Å². The number of rotatable bonds is 3. The molecule has 0 unspecified atom stereocenters. The molecule has 1 N–H and O–H groups in total. The lowest BCUT2D eigenvalue weighted by Gasteiger charge is -2.11. The average molecular weight is 290 g/mol. The normalized spacial score (nSPS) is 10.5. The van der Waals surface area contributed by atoms with Gasteiger partial charge in [0.25, 0.3) is 0 Å². The molecule has 1 aromatic carbocycles. The SMILES string of the molecule is O=C(O)c1ccc(C#CCCS)cc1OC(F)(F)F. The molecule has 1 rings (SSSR count). The monoisotopic (exact) mass is 290 g/mol. The molecule has 102 valence electrons. The first kappa shape index (κ1) is 15.2. The van der Waals surface area contributed by atoms with Gasteiger partial charge >= 0.3 is 12.3 Å². The first-order valence-electron chi connectivity index (χ1n) is 5.06. The Morgan fingerprint density at radius 1 is 1.42 bits per heavy atom. The summed E-state index contributed by atoms with van der Waals surface area (Å²) in [6.45, 7) is 0. The predicted octanol–water partition coefficient (Wildman–Crippen LogP) is 2.95. The number of carboxylic acids is 1. The summed E-state index contributed by atoms with van der Waals surface area (Å²) in [4.78, 5) is 10.8. The maximum atomic E-state index is 12.2. The molecule has 3 nitrogen and oxygen atoms in total. The Labute approximate surface area is 112 Å². The first-order valence-corrected chi connectivity index (χ1v) is 5.69. The van der Waals surface area contributed by atoms with Gasteiger partial charge in [-0.2, -0.15) is 12.6 Å². The molecule has 0 aliphatic carbocycles. The number of aromatic carboxylic acids is 1. The Kier molecular flexibility index (Phi) is 5.12. The van der Waals surface area contributed by atoms with Gasteiger partial charge < -0.3 is 9.84 Å². The van der Waals surface area contributed by atoms with Crippen molar-refractivity contribution in [3.05, 3.63) is 29.3 Å². The van der Waals surface area contributed by atoms with Crippen molar-refractivity contribution in [1.29, 1.82) is 0 Å². The Balaban J connectivity index is 3.12. The molecular formula is C12H9F3O3S. The number of carbonyl (C=O) groups is 1. The third-order valence-electron chi connectivity index (χ3n) is 1.91. The Morgan fingerprint density at radius 2 is 2.11 bits per heavy atom. The zero-order valence-electron chi connectivity index (χ0n) is 9.49. The van der Waals surface area contributed by atoms with E-state index in [-0.39, 0.29) is 5.56 Å². The number of hydrogen-bond donors (Lipinski definition) is 2. The summed E-state index contributed by atoms with van der Waals surface area (Å²) >= 11 is 3.93. The molecule has 0 aliphatic rings. The standard InChI is InChI=1S/C12H9F3O3S/c13-12(14,15)18-10-7-8(3-1-2-6-19)4-5-9(10)11(16)17/h4-5,7,19H,2,6H2,(H,16,17). The van der Waals surface area contributed by atoms with Crippen LogP contribution in [0.3, 0.4) is 0 Å². The van der Waals surface area contributed by atoms with Crippen LogP contribution in [0.4, 0.5) is 13.2 Å². The lowest BCUT2D eigenvalue weighted by Crippen LogP contribution is -2.19. The van der Waals surface area contributed by atoms with Gasteiger partial charge in [-0.15, -0.1) is 13.2 Å². The molecule has 0 spiro atoms. The fraction of sp³-hybridized carbons (Fsp3) is 0.250. The van der Waals surface area contributed by atoms with Crippen molar-refractivity contribution < 1.29 is 27.8 Å². The van der Waals surface area contributed by atoms with Crippen LogP contribution in [0.1, 0.15) is 22.3 Å². The van der Waals surface area contributed by atoms with Crippen molar-refractivity contribution >= 4 is 18.6 Å². The number of ether oxygens (including phenoxy) is 1. The smallest absolute Gasteiger partial charge is 0.478 e. The van der Waals surface area contributed by atoms with Crippen LogP contribution >= 0.6 is 12.6 Å². The van der Waals surface area contributed by atoms with Crippen LogP contribution in [-0.2, 0) is 0 Å². The van der Waals surface area contributed by atoms with Crippen LogP contribution in [-0.4, -0.2) is 23.2 Å². The highest BCUT2D eigenvalue weighted by atomic mass is 32.1. The van der Waals surface area contributed by atoms with Gasteiger partial charge in [-0.3, -0.25) is 0 Å². The van der Waals surface area contributed by atoms with Crippen LogP contribution in [0.5, 0.6) is 5.75 Å². The van der Waals surface area contributed by atoms with Gasteiger partial charge in [0.15, 0.2) is 0 Å². The minimum atomic E-state index is -4.96. The molecular weight excluding hydrogens is 281 g/mol. The lowest BCUT2D eigenvalue weighted by atomic mass is 10.1. The number of halogens is 3. The Bertz CT molecular complexity index is 529. The van der Waals surface area contributed by atoms with Crippen LogP contribution in [0, 0.1) is 11.8 Å². The van der Waals surface area contributed by atoms with E-state index in [0.717, 1.165) is 12.1 Å². The minimum absolute atomic E-state index is 0.242. The van der Waals surface area contributed by atoms with Gasteiger partial charge in [0.1, 0.15) is 11.3 Å². The molecule has 0 atom stereocenters. The van der Waals surface area contributed by atoms with Crippen LogP contribution < -0.4 is 4.74 Å². The Hall–Kier alpha value is -1.81. The second-order valence-electron chi connectivity index (χ2n) is 3.34. The molecule has 7 heteroatoms. The average Bonchev–Trinajstić information content (AvgIpc) is 2.27. The number of alkyl halides is 3. The molecule has 0 fully saturated rings. The van der Waals surface area contributed by atoms with Gasteiger partial charge in [-0.25, -0.2) is 4.79 Å². The minimum Gasteiger partial charge on any atom is -0.478 e. The maximum Gasteiger partial charge on any atom is 0.573 e. The number of hydrogen-bond acceptors (Lipinski definition) is 3. The summed E-state index contributed by atoms with van der Waals surface area (Å²) < 4.78 is 40.2. The highest BCUT2D eigenvalue weighted by molar-refractivity contribution is 7.80. The van der Waals surface area contributed by atoms with Crippen LogP contribution in [0.25, 0.3) is 0 Å². The van der Waals surface area contributed by atoms with E-state index in [1.165, 1.54) is 6.07 Å². The van der Waals surface area contributed by atoms with Crippen LogP contribution in [0.15, 0.2) is 18.2 Å². The highest BCUT2D eigenvalue weighted by Gasteiger charge is 2.33. The third-order valence-corrected chi connectivity index (χ3v) is 2.13. The number of thiol groups is 1. The largest absolute Gasteiger partial charge is 0.573 e. The summed E-state index contributed by atoms with van der Waals surface area (Å²) in [6.07, 6.45) is -4.49. The van der Waals surface area contributed by atoms with Crippen molar-refractivity contribution in [2.75, 3.05) is 5.75 Å². The quantitative estimate of drug-likeness (QED) is 0.664. The summed E-state index contributed by atoms with van der Waals surface area (Å²) in [5.41, 5.74) is -0.330. The first-order chi connectivity index (χ1) is 8.83. The van der Waals surface area contributed by atoms with E-state index >= 15 is 0 Å². The van der Waals surface area contributed by atoms with Gasteiger partial charge in [0.05, 0.1) is 0 Å². The van der Waals surface area contributed by atoms with E-state index in [9.17, 15) is 18.0 Å². The van der Waals surface area contributed by atoms with E-state index in [2.05, 4.69) is 29.2 Å². The van der Waals surface area contributed by atoms with Gasteiger partial charge in [0, 0.05) is 17.7 Å². The van der Waals surface area contributed by atoms with Gasteiger partial charge in [0.2, 0.25) is 0 Å². The van der Waals surface area contributed by atoms with E-state index in [0.29, 0.717) is 12.2 Å². The van der Waals surface area contributed by atoms with E-state index in [4.69, 9.17) is 5.11 Å². The predicted molar refractivity (Wildman–Crippen MR) is 65.4 cm³/mol. The van der Waals surface area contributed by atoms with E-state index < -0.39 is 23.6 Å². The van der Waals surface area contributed by atoms with Gasteiger partial charge in [-0.05, 0) is 18.2 Å². The second kappa shape index (κ2) is 6.38.